The molecule has 0 aromatic carbocycles. The highest BCUT2D eigenvalue weighted by Crippen LogP contribution is 2.01. The molecule has 1 heterocycles. The van der Waals surface area contributed by atoms with Crippen LogP contribution in [0.4, 0.5) is 0 Å². The molecule has 1 aromatic heterocycles. The van der Waals surface area contributed by atoms with Crippen LogP contribution in [0.25, 0.3) is 0 Å². The Morgan fingerprint density at radius 1 is 1.47 bits per heavy atom. The first kappa shape index (κ1) is 14.0. The third-order valence-electron chi connectivity index (χ3n) is 2.15. The van der Waals surface area contributed by atoms with Gasteiger partial charge in [-0.05, 0) is 31.2 Å². The van der Waals surface area contributed by atoms with Crippen molar-refractivity contribution in [2.45, 2.75) is 13.3 Å². The number of nitrogens with one attached hydrogen (secondary N) is 1. The number of hydrogen-bond donors (Lipinski definition) is 2. The largest absolute Gasteiger partial charge is 0.396 e. The minimum atomic E-state index is -0.0831. The van der Waals surface area contributed by atoms with E-state index in [1.807, 2.05) is 13.0 Å². The predicted molar refractivity (Wildman–Crippen MR) is 70.3 cm³/mol. The summed E-state index contributed by atoms with van der Waals surface area (Å²) in [7, 11) is 0. The van der Waals surface area contributed by atoms with Gasteiger partial charge in [0.15, 0.2) is 0 Å². The monoisotopic (exact) mass is 254 g/mol. The van der Waals surface area contributed by atoms with Gasteiger partial charge in [-0.1, -0.05) is 0 Å². The number of aliphatic hydroxyl groups is 1. The molecule has 5 heteroatoms. The van der Waals surface area contributed by atoms with Crippen molar-refractivity contribution in [3.8, 4) is 0 Å². The van der Waals surface area contributed by atoms with Crippen molar-refractivity contribution in [3.63, 3.8) is 0 Å². The van der Waals surface area contributed by atoms with Crippen LogP contribution < -0.4 is 5.32 Å². The second kappa shape index (κ2) is 8.08. The van der Waals surface area contributed by atoms with Crippen LogP contribution >= 0.6 is 11.8 Å². The minimum Gasteiger partial charge on any atom is -0.396 e. The van der Waals surface area contributed by atoms with Gasteiger partial charge in [-0.3, -0.25) is 9.78 Å². The number of amides is 1. The number of aliphatic hydroxyl groups excluding tert-OH is 1. The zero-order valence-corrected chi connectivity index (χ0v) is 10.8. The highest BCUT2D eigenvalue weighted by molar-refractivity contribution is 7.99. The van der Waals surface area contributed by atoms with Crippen LogP contribution in [0.3, 0.4) is 0 Å². The zero-order valence-electron chi connectivity index (χ0n) is 9.98. The van der Waals surface area contributed by atoms with Crippen molar-refractivity contribution in [3.05, 3.63) is 29.6 Å². The fourth-order valence-corrected chi connectivity index (χ4v) is 1.99. The molecule has 0 aliphatic rings. The lowest BCUT2D eigenvalue weighted by Gasteiger charge is -2.04. The van der Waals surface area contributed by atoms with Gasteiger partial charge < -0.3 is 10.4 Å². The number of nitrogens with zero attached hydrogens (tertiary/aromatic N) is 1. The molecule has 0 unspecified atom stereocenters. The van der Waals surface area contributed by atoms with Crippen LogP contribution in [0.1, 0.15) is 22.5 Å². The minimum absolute atomic E-state index is 0.0831. The third-order valence-corrected chi connectivity index (χ3v) is 3.22. The van der Waals surface area contributed by atoms with E-state index in [0.717, 1.165) is 23.6 Å². The van der Waals surface area contributed by atoms with Crippen molar-refractivity contribution in [1.29, 1.82) is 0 Å². The van der Waals surface area contributed by atoms with Crippen LogP contribution in [-0.2, 0) is 0 Å². The van der Waals surface area contributed by atoms with Crippen LogP contribution in [0.2, 0.25) is 0 Å². The SMILES string of the molecule is Cc1ccc(C(=O)NCCSCCCO)cn1. The average molecular weight is 254 g/mol. The lowest BCUT2D eigenvalue weighted by atomic mass is 10.2. The highest BCUT2D eigenvalue weighted by atomic mass is 32.2. The molecule has 94 valence electrons. The quantitative estimate of drug-likeness (QED) is 0.719. The number of aromatic nitrogens is 1. The van der Waals surface area contributed by atoms with Gasteiger partial charge in [0.2, 0.25) is 0 Å². The first-order chi connectivity index (χ1) is 8.24. The van der Waals surface area contributed by atoms with Gasteiger partial charge in [0.05, 0.1) is 5.56 Å². The van der Waals surface area contributed by atoms with Crippen molar-refractivity contribution in [2.75, 3.05) is 24.7 Å². The summed E-state index contributed by atoms with van der Waals surface area (Å²) in [6.45, 7) is 2.76. The Morgan fingerprint density at radius 2 is 2.29 bits per heavy atom. The predicted octanol–water partition coefficient (Wildman–Crippen LogP) is 1.24. The summed E-state index contributed by atoms with van der Waals surface area (Å²) in [5.74, 6) is 1.71. The van der Waals surface area contributed by atoms with Gasteiger partial charge in [0.1, 0.15) is 0 Å². The first-order valence-corrected chi connectivity index (χ1v) is 6.79. The molecule has 0 saturated carbocycles. The lowest BCUT2D eigenvalue weighted by molar-refractivity contribution is 0.0956. The molecule has 1 rings (SSSR count). The Kier molecular flexibility index (Phi) is 6.65. The van der Waals surface area contributed by atoms with E-state index >= 15 is 0 Å². The van der Waals surface area contributed by atoms with Crippen LogP contribution in [0.15, 0.2) is 18.3 Å². The van der Waals surface area contributed by atoms with Crippen LogP contribution in [0.5, 0.6) is 0 Å². The Bertz CT molecular complexity index is 341. The average Bonchev–Trinajstić information content (AvgIpc) is 2.34. The number of carbonyl (C=O) groups is 1. The standard InChI is InChI=1S/C12H18N2O2S/c1-10-3-4-11(9-14-10)12(16)13-5-8-17-7-2-6-15/h3-4,9,15H,2,5-8H2,1H3,(H,13,16). The molecule has 0 atom stereocenters. The molecule has 1 amide bonds. The van der Waals surface area contributed by atoms with E-state index in [1.54, 1.807) is 24.0 Å². The zero-order chi connectivity index (χ0) is 12.5. The molecular formula is C12H18N2O2S. The molecule has 0 fully saturated rings. The number of thioether (sulfide) groups is 1. The van der Waals surface area contributed by atoms with Crippen molar-refractivity contribution >= 4 is 17.7 Å². The summed E-state index contributed by atoms with van der Waals surface area (Å²) >= 11 is 1.73. The number of hydrogen-bond acceptors (Lipinski definition) is 4. The number of pyridine rings is 1. The molecule has 4 nitrogen and oxygen atoms in total. The Morgan fingerprint density at radius 3 is 2.94 bits per heavy atom. The maximum Gasteiger partial charge on any atom is 0.252 e. The van der Waals surface area contributed by atoms with Crippen LogP contribution in [0, 0.1) is 6.92 Å². The third kappa shape index (κ3) is 5.70. The van der Waals surface area contributed by atoms with Gasteiger partial charge in [-0.2, -0.15) is 11.8 Å². The van der Waals surface area contributed by atoms with E-state index < -0.39 is 0 Å². The molecule has 0 radical (unpaired) electrons. The normalized spacial score (nSPS) is 10.2. The molecule has 2 N–H and O–H groups in total. The van der Waals surface area contributed by atoms with Gasteiger partial charge in [0, 0.05) is 30.8 Å². The van der Waals surface area contributed by atoms with Gasteiger partial charge in [-0.15, -0.1) is 0 Å². The summed E-state index contributed by atoms with van der Waals surface area (Å²) < 4.78 is 0. The molecular weight excluding hydrogens is 236 g/mol. The summed E-state index contributed by atoms with van der Waals surface area (Å²) in [6.07, 6.45) is 2.39. The van der Waals surface area contributed by atoms with Crippen molar-refractivity contribution < 1.29 is 9.90 Å². The number of rotatable bonds is 7. The van der Waals surface area contributed by atoms with Gasteiger partial charge in [0.25, 0.3) is 5.91 Å². The molecule has 1 aromatic rings. The lowest BCUT2D eigenvalue weighted by Crippen LogP contribution is -2.25. The summed E-state index contributed by atoms with van der Waals surface area (Å²) in [6, 6.07) is 3.60. The first-order valence-electron chi connectivity index (χ1n) is 5.63. The van der Waals surface area contributed by atoms with Crippen molar-refractivity contribution in [1.82, 2.24) is 10.3 Å². The fraction of sp³-hybridized carbons (Fsp3) is 0.500. The Labute approximate surface area is 106 Å². The molecule has 0 aliphatic heterocycles. The van der Waals surface area contributed by atoms with E-state index in [4.69, 9.17) is 5.11 Å². The summed E-state index contributed by atoms with van der Waals surface area (Å²) in [4.78, 5) is 15.7. The highest BCUT2D eigenvalue weighted by Gasteiger charge is 2.04. The Hall–Kier alpha value is -1.07. The summed E-state index contributed by atoms with van der Waals surface area (Å²) in [5, 5.41) is 11.4. The topological polar surface area (TPSA) is 62.2 Å². The van der Waals surface area contributed by atoms with Crippen molar-refractivity contribution in [2.24, 2.45) is 0 Å². The van der Waals surface area contributed by atoms with E-state index in [-0.39, 0.29) is 12.5 Å². The maximum atomic E-state index is 11.6. The van der Waals surface area contributed by atoms with E-state index in [0.29, 0.717) is 12.1 Å². The van der Waals surface area contributed by atoms with E-state index in [9.17, 15) is 4.79 Å². The molecule has 0 aliphatic carbocycles. The Balaban J connectivity index is 2.19. The maximum absolute atomic E-state index is 11.6. The second-order valence-electron chi connectivity index (χ2n) is 3.63. The summed E-state index contributed by atoms with van der Waals surface area (Å²) in [5.41, 5.74) is 1.50. The molecule has 0 saturated heterocycles. The fourth-order valence-electron chi connectivity index (χ4n) is 1.21. The molecule has 0 bridgehead atoms. The van der Waals surface area contributed by atoms with E-state index in [2.05, 4.69) is 10.3 Å². The smallest absolute Gasteiger partial charge is 0.252 e. The molecule has 17 heavy (non-hydrogen) atoms. The van der Waals surface area contributed by atoms with Crippen LogP contribution in [-0.4, -0.2) is 40.7 Å². The van der Waals surface area contributed by atoms with E-state index in [1.165, 1.54) is 0 Å². The van der Waals surface area contributed by atoms with Gasteiger partial charge >= 0.3 is 0 Å². The number of carbonyl (C=O) groups excluding carboxylic acids is 1. The van der Waals surface area contributed by atoms with Gasteiger partial charge in [-0.25, -0.2) is 0 Å². The molecule has 0 spiro atoms. The number of aryl methyl sites for hydroxylation is 1. The second-order valence-corrected chi connectivity index (χ2v) is 4.86.